The summed E-state index contributed by atoms with van der Waals surface area (Å²) >= 11 is 0. The zero-order valence-electron chi connectivity index (χ0n) is 11.0. The van der Waals surface area contributed by atoms with E-state index < -0.39 is 20.0 Å². The molecule has 2 aromatic rings. The van der Waals surface area contributed by atoms with Crippen molar-refractivity contribution in [2.24, 2.45) is 0 Å². The molecular formula is C12H13N3O5S. The molecule has 2 heterocycles. The average molecular weight is 311 g/mol. The third-order valence-corrected chi connectivity index (χ3v) is 5.54. The maximum Gasteiger partial charge on any atom is 0.316 e. The van der Waals surface area contributed by atoms with Crippen molar-refractivity contribution in [3.63, 3.8) is 0 Å². The molecule has 3 rings (SSSR count). The molecule has 1 N–H and O–H groups in total. The second kappa shape index (κ2) is 5.08. The lowest BCUT2D eigenvalue weighted by Gasteiger charge is -2.20. The number of hydrogen-bond acceptors (Lipinski definition) is 7. The number of aromatic nitrogens is 1. The number of fused-ring (bicyclic) bond motifs is 1. The van der Waals surface area contributed by atoms with Gasteiger partial charge in [0.05, 0.1) is 10.2 Å². The summed E-state index contributed by atoms with van der Waals surface area (Å²) in [5.74, 6) is 0. The standard InChI is InChI=1S/C12H13N3O5S/c16-15(17)8-1-2-11-10(7-8)14-12(20-11)21(18,19)9-3-5-13-6-4-9/h1-2,7,9,13H,3-6H2. The van der Waals surface area contributed by atoms with Crippen LogP contribution >= 0.6 is 0 Å². The molecule has 0 bridgehead atoms. The fraction of sp³-hybridized carbons (Fsp3) is 0.417. The van der Waals surface area contributed by atoms with Gasteiger partial charge in [0.1, 0.15) is 5.52 Å². The first-order valence-corrected chi connectivity index (χ1v) is 8.03. The quantitative estimate of drug-likeness (QED) is 0.670. The number of nitrogens with zero attached hydrogens (tertiary/aromatic N) is 2. The molecular weight excluding hydrogens is 298 g/mol. The summed E-state index contributed by atoms with van der Waals surface area (Å²) in [6.45, 7) is 1.27. The first-order valence-electron chi connectivity index (χ1n) is 6.48. The smallest absolute Gasteiger partial charge is 0.316 e. The van der Waals surface area contributed by atoms with Gasteiger partial charge in [-0.05, 0) is 32.0 Å². The molecule has 0 spiro atoms. The van der Waals surface area contributed by atoms with E-state index in [1.54, 1.807) is 0 Å². The Kier molecular flexibility index (Phi) is 3.38. The van der Waals surface area contributed by atoms with Gasteiger partial charge in [0.2, 0.25) is 9.84 Å². The van der Waals surface area contributed by atoms with Gasteiger partial charge >= 0.3 is 5.22 Å². The molecule has 1 aromatic heterocycles. The van der Waals surface area contributed by atoms with Gasteiger partial charge in [-0.1, -0.05) is 0 Å². The Hall–Kier alpha value is -2.00. The summed E-state index contributed by atoms with van der Waals surface area (Å²) in [7, 11) is -3.64. The number of piperidine rings is 1. The van der Waals surface area contributed by atoms with Crippen molar-refractivity contribution in [1.29, 1.82) is 0 Å². The molecule has 0 radical (unpaired) electrons. The summed E-state index contributed by atoms with van der Waals surface area (Å²) in [5.41, 5.74) is 0.256. The van der Waals surface area contributed by atoms with Gasteiger partial charge in [0, 0.05) is 12.1 Å². The Balaban J connectivity index is 2.02. The lowest BCUT2D eigenvalue weighted by Crippen LogP contribution is -2.35. The second-order valence-electron chi connectivity index (χ2n) is 4.88. The lowest BCUT2D eigenvalue weighted by atomic mass is 10.2. The third-order valence-electron chi connectivity index (χ3n) is 3.53. The Morgan fingerprint density at radius 2 is 2.05 bits per heavy atom. The van der Waals surface area contributed by atoms with E-state index >= 15 is 0 Å². The van der Waals surface area contributed by atoms with E-state index in [-0.39, 0.29) is 22.0 Å². The van der Waals surface area contributed by atoms with Crippen molar-refractivity contribution in [2.45, 2.75) is 23.3 Å². The van der Waals surface area contributed by atoms with Crippen molar-refractivity contribution in [1.82, 2.24) is 10.3 Å². The van der Waals surface area contributed by atoms with Crippen molar-refractivity contribution in [3.05, 3.63) is 28.3 Å². The largest absolute Gasteiger partial charge is 0.428 e. The number of sulfone groups is 1. The van der Waals surface area contributed by atoms with Crippen LogP contribution in [0.15, 0.2) is 27.8 Å². The number of non-ortho nitro benzene ring substituents is 1. The number of rotatable bonds is 3. The van der Waals surface area contributed by atoms with Crippen LogP contribution < -0.4 is 5.32 Å². The van der Waals surface area contributed by atoms with Crippen LogP contribution in [0.25, 0.3) is 11.1 Å². The van der Waals surface area contributed by atoms with Crippen molar-refractivity contribution >= 4 is 26.6 Å². The van der Waals surface area contributed by atoms with E-state index in [9.17, 15) is 18.5 Å². The van der Waals surface area contributed by atoms with E-state index in [2.05, 4.69) is 10.3 Å². The third kappa shape index (κ3) is 2.49. The summed E-state index contributed by atoms with van der Waals surface area (Å²) in [4.78, 5) is 14.1. The van der Waals surface area contributed by atoms with Crippen molar-refractivity contribution < 1.29 is 17.8 Å². The van der Waals surface area contributed by atoms with Gasteiger partial charge in [0.15, 0.2) is 5.58 Å². The number of nitro benzene ring substituents is 1. The van der Waals surface area contributed by atoms with E-state index in [1.165, 1.54) is 18.2 Å². The maximum atomic E-state index is 12.5. The van der Waals surface area contributed by atoms with Crippen molar-refractivity contribution in [3.8, 4) is 0 Å². The molecule has 0 amide bonds. The van der Waals surface area contributed by atoms with Crippen LogP contribution in [0.3, 0.4) is 0 Å². The minimum absolute atomic E-state index is 0.151. The first kappa shape index (κ1) is 14.0. The molecule has 112 valence electrons. The molecule has 9 heteroatoms. The topological polar surface area (TPSA) is 115 Å². The van der Waals surface area contributed by atoms with Gasteiger partial charge in [-0.3, -0.25) is 10.1 Å². The molecule has 0 saturated carbocycles. The normalized spacial score (nSPS) is 17.1. The fourth-order valence-electron chi connectivity index (χ4n) is 2.38. The Labute approximate surface area is 120 Å². The first-order chi connectivity index (χ1) is 9.98. The highest BCUT2D eigenvalue weighted by Crippen LogP contribution is 2.27. The van der Waals surface area contributed by atoms with Gasteiger partial charge in [-0.2, -0.15) is 4.98 Å². The number of hydrogen-bond donors (Lipinski definition) is 1. The molecule has 8 nitrogen and oxygen atoms in total. The highest BCUT2D eigenvalue weighted by Gasteiger charge is 2.33. The molecule has 1 aromatic carbocycles. The summed E-state index contributed by atoms with van der Waals surface area (Å²) < 4.78 is 30.2. The van der Waals surface area contributed by atoms with Gasteiger partial charge < -0.3 is 9.73 Å². The Bertz CT molecular complexity index is 792. The monoisotopic (exact) mass is 311 g/mol. The molecule has 21 heavy (non-hydrogen) atoms. The summed E-state index contributed by atoms with van der Waals surface area (Å²) in [5, 5.41) is 12.9. The second-order valence-corrected chi connectivity index (χ2v) is 6.99. The number of benzene rings is 1. The lowest BCUT2D eigenvalue weighted by molar-refractivity contribution is -0.384. The zero-order chi connectivity index (χ0) is 15.0. The number of oxazole rings is 1. The molecule has 0 aliphatic carbocycles. The highest BCUT2D eigenvalue weighted by molar-refractivity contribution is 7.91. The SMILES string of the molecule is O=[N+]([O-])c1ccc2oc(S(=O)(=O)C3CCNCC3)nc2c1. The van der Waals surface area contributed by atoms with Crippen LogP contribution in [0.2, 0.25) is 0 Å². The number of nitrogens with one attached hydrogen (secondary N) is 1. The molecule has 1 saturated heterocycles. The fourth-order valence-corrected chi connectivity index (χ4v) is 3.95. The minimum Gasteiger partial charge on any atom is -0.428 e. The maximum absolute atomic E-state index is 12.5. The Morgan fingerprint density at radius 3 is 2.71 bits per heavy atom. The van der Waals surface area contributed by atoms with E-state index in [0.717, 1.165) is 0 Å². The van der Waals surface area contributed by atoms with Crippen LogP contribution in [-0.4, -0.2) is 36.7 Å². The van der Waals surface area contributed by atoms with Crippen LogP contribution in [-0.2, 0) is 9.84 Å². The molecule has 1 fully saturated rings. The predicted octanol–water partition coefficient (Wildman–Crippen LogP) is 1.26. The zero-order valence-corrected chi connectivity index (χ0v) is 11.8. The van der Waals surface area contributed by atoms with Crippen molar-refractivity contribution in [2.75, 3.05) is 13.1 Å². The van der Waals surface area contributed by atoms with Gasteiger partial charge in [-0.25, -0.2) is 8.42 Å². The van der Waals surface area contributed by atoms with Crippen LogP contribution in [0.1, 0.15) is 12.8 Å². The van der Waals surface area contributed by atoms with Crippen LogP contribution in [0, 0.1) is 10.1 Å². The average Bonchev–Trinajstić information content (AvgIpc) is 2.91. The van der Waals surface area contributed by atoms with Crippen LogP contribution in [0.5, 0.6) is 0 Å². The molecule has 0 atom stereocenters. The number of nitro groups is 1. The summed E-state index contributed by atoms with van der Waals surface area (Å²) in [6.07, 6.45) is 1.00. The van der Waals surface area contributed by atoms with E-state index in [4.69, 9.17) is 4.42 Å². The van der Waals surface area contributed by atoms with Crippen LogP contribution in [0.4, 0.5) is 5.69 Å². The summed E-state index contributed by atoms with van der Waals surface area (Å²) in [6, 6.07) is 3.83. The highest BCUT2D eigenvalue weighted by atomic mass is 32.2. The minimum atomic E-state index is -3.64. The molecule has 0 unspecified atom stereocenters. The van der Waals surface area contributed by atoms with E-state index in [1.807, 2.05) is 0 Å². The molecule has 1 aliphatic heterocycles. The van der Waals surface area contributed by atoms with Gasteiger partial charge in [0.25, 0.3) is 5.69 Å². The molecule has 1 aliphatic rings. The predicted molar refractivity (Wildman–Crippen MR) is 73.7 cm³/mol. The Morgan fingerprint density at radius 1 is 1.33 bits per heavy atom. The van der Waals surface area contributed by atoms with E-state index in [0.29, 0.717) is 25.9 Å². The van der Waals surface area contributed by atoms with Gasteiger partial charge in [-0.15, -0.1) is 0 Å².